The van der Waals surface area contributed by atoms with E-state index in [9.17, 15) is 9.59 Å². The monoisotopic (exact) mass is 370 g/mol. The lowest BCUT2D eigenvalue weighted by atomic mass is 10.0. The van der Waals surface area contributed by atoms with Gasteiger partial charge in [-0.15, -0.1) is 0 Å². The van der Waals surface area contributed by atoms with Crippen LogP contribution in [0.3, 0.4) is 0 Å². The number of carbonyl (C=O) groups excluding carboxylic acids is 2. The lowest BCUT2D eigenvalue weighted by Crippen LogP contribution is -2.33. The van der Waals surface area contributed by atoms with Crippen LogP contribution in [0.4, 0.5) is 0 Å². The minimum absolute atomic E-state index is 0.113. The van der Waals surface area contributed by atoms with E-state index < -0.39 is 0 Å². The van der Waals surface area contributed by atoms with E-state index >= 15 is 0 Å². The normalized spacial score (nSPS) is 11.4. The molecule has 0 fully saturated rings. The molecular formula is C21H26N2O4. The predicted octanol–water partition coefficient (Wildman–Crippen LogP) is 2.63. The Morgan fingerprint density at radius 2 is 1.70 bits per heavy atom. The molecule has 0 bridgehead atoms. The first-order valence-corrected chi connectivity index (χ1v) is 8.83. The van der Waals surface area contributed by atoms with Crippen LogP contribution in [-0.4, -0.2) is 32.6 Å². The smallest absolute Gasteiger partial charge is 0.222 e. The molecule has 0 aliphatic heterocycles. The van der Waals surface area contributed by atoms with Gasteiger partial charge in [0.05, 0.1) is 26.7 Å². The molecule has 0 heterocycles. The van der Waals surface area contributed by atoms with E-state index in [2.05, 4.69) is 10.6 Å². The number of amides is 2. The molecule has 0 unspecified atom stereocenters. The minimum atomic E-state index is -0.343. The molecule has 0 radical (unpaired) electrons. The molecule has 0 spiro atoms. The molecule has 0 aromatic heterocycles. The maximum atomic E-state index is 12.3. The highest BCUT2D eigenvalue weighted by atomic mass is 16.5. The van der Waals surface area contributed by atoms with Gasteiger partial charge in [-0.05, 0) is 29.7 Å². The Kier molecular flexibility index (Phi) is 7.67. The average Bonchev–Trinajstić information content (AvgIpc) is 2.67. The third kappa shape index (κ3) is 6.33. The molecule has 2 amide bonds. The summed E-state index contributed by atoms with van der Waals surface area (Å²) >= 11 is 0. The van der Waals surface area contributed by atoms with Gasteiger partial charge in [0.1, 0.15) is 0 Å². The molecule has 2 N–H and O–H groups in total. The minimum Gasteiger partial charge on any atom is -0.493 e. The van der Waals surface area contributed by atoms with Crippen LogP contribution in [-0.2, 0) is 16.0 Å². The molecule has 0 aliphatic carbocycles. The lowest BCUT2D eigenvalue weighted by molar-refractivity contribution is -0.122. The highest BCUT2D eigenvalue weighted by Gasteiger charge is 2.16. The number of rotatable bonds is 9. The molecule has 6 nitrogen and oxygen atoms in total. The zero-order valence-electron chi connectivity index (χ0n) is 16.0. The Hall–Kier alpha value is -3.02. The van der Waals surface area contributed by atoms with Gasteiger partial charge in [-0.2, -0.15) is 0 Å². The van der Waals surface area contributed by atoms with Crippen LogP contribution >= 0.6 is 0 Å². The van der Waals surface area contributed by atoms with E-state index in [1.54, 1.807) is 14.2 Å². The Morgan fingerprint density at radius 3 is 2.33 bits per heavy atom. The zero-order chi connectivity index (χ0) is 19.6. The summed E-state index contributed by atoms with van der Waals surface area (Å²) in [6.45, 7) is 1.95. The summed E-state index contributed by atoms with van der Waals surface area (Å²) in [7, 11) is 3.19. The lowest BCUT2D eigenvalue weighted by Gasteiger charge is -2.18. The second-order valence-electron chi connectivity index (χ2n) is 6.16. The second-order valence-corrected chi connectivity index (χ2v) is 6.16. The fraction of sp³-hybridized carbons (Fsp3) is 0.333. The van der Waals surface area contributed by atoms with Crippen LogP contribution in [0.25, 0.3) is 0 Å². The SMILES string of the molecule is COc1ccc(CCNC(=O)C[C@H](NC(C)=O)c2ccccc2)cc1OC. The van der Waals surface area contributed by atoms with Gasteiger partial charge >= 0.3 is 0 Å². The van der Waals surface area contributed by atoms with Crippen molar-refractivity contribution in [2.24, 2.45) is 0 Å². The summed E-state index contributed by atoms with van der Waals surface area (Å²) in [5, 5.41) is 5.74. The molecule has 2 aromatic rings. The van der Waals surface area contributed by atoms with Crippen LogP contribution in [0.2, 0.25) is 0 Å². The Labute approximate surface area is 159 Å². The zero-order valence-corrected chi connectivity index (χ0v) is 16.0. The van der Waals surface area contributed by atoms with E-state index in [0.717, 1.165) is 11.1 Å². The van der Waals surface area contributed by atoms with E-state index in [4.69, 9.17) is 9.47 Å². The third-order valence-electron chi connectivity index (χ3n) is 4.15. The summed E-state index contributed by atoms with van der Waals surface area (Å²) in [4.78, 5) is 23.8. The second kappa shape index (κ2) is 10.2. The first-order valence-electron chi connectivity index (χ1n) is 8.83. The molecule has 0 saturated heterocycles. The Bertz CT molecular complexity index is 762. The van der Waals surface area contributed by atoms with Crippen molar-refractivity contribution in [2.45, 2.75) is 25.8 Å². The number of nitrogens with one attached hydrogen (secondary N) is 2. The summed E-state index contributed by atoms with van der Waals surface area (Å²) < 4.78 is 10.5. The maximum absolute atomic E-state index is 12.3. The summed E-state index contributed by atoms with van der Waals surface area (Å²) in [5.41, 5.74) is 1.94. The quantitative estimate of drug-likeness (QED) is 0.711. The Morgan fingerprint density at radius 1 is 1.00 bits per heavy atom. The van der Waals surface area contributed by atoms with Crippen molar-refractivity contribution < 1.29 is 19.1 Å². The first kappa shape index (κ1) is 20.3. The maximum Gasteiger partial charge on any atom is 0.222 e. The molecule has 27 heavy (non-hydrogen) atoms. The van der Waals surface area contributed by atoms with Gasteiger partial charge in [-0.1, -0.05) is 36.4 Å². The molecule has 2 aromatic carbocycles. The van der Waals surface area contributed by atoms with Gasteiger partial charge in [0.15, 0.2) is 11.5 Å². The van der Waals surface area contributed by atoms with Crippen molar-refractivity contribution in [3.8, 4) is 11.5 Å². The van der Waals surface area contributed by atoms with Crippen LogP contribution < -0.4 is 20.1 Å². The molecule has 2 rings (SSSR count). The van der Waals surface area contributed by atoms with Crippen molar-refractivity contribution in [3.05, 3.63) is 59.7 Å². The van der Waals surface area contributed by atoms with Gasteiger partial charge < -0.3 is 20.1 Å². The van der Waals surface area contributed by atoms with Gasteiger partial charge in [-0.25, -0.2) is 0 Å². The van der Waals surface area contributed by atoms with Gasteiger partial charge in [-0.3, -0.25) is 9.59 Å². The summed E-state index contributed by atoms with van der Waals surface area (Å²) in [6, 6.07) is 14.8. The Balaban J connectivity index is 1.90. The van der Waals surface area contributed by atoms with Crippen LogP contribution in [0.1, 0.15) is 30.5 Å². The van der Waals surface area contributed by atoms with E-state index in [-0.39, 0.29) is 24.3 Å². The highest BCUT2D eigenvalue weighted by molar-refractivity contribution is 5.79. The van der Waals surface area contributed by atoms with Gasteiger partial charge in [0.2, 0.25) is 11.8 Å². The first-order chi connectivity index (χ1) is 13.0. The van der Waals surface area contributed by atoms with Crippen molar-refractivity contribution >= 4 is 11.8 Å². The fourth-order valence-corrected chi connectivity index (χ4v) is 2.82. The van der Waals surface area contributed by atoms with Crippen molar-refractivity contribution in [1.29, 1.82) is 0 Å². The standard InChI is InChI=1S/C21H26N2O4/c1-15(24)23-18(17-7-5-4-6-8-17)14-21(25)22-12-11-16-9-10-19(26-2)20(13-16)27-3/h4-10,13,18H,11-12,14H2,1-3H3,(H,22,25)(H,23,24)/t18-/m0/s1. The number of methoxy groups -OCH3 is 2. The molecule has 0 saturated carbocycles. The topological polar surface area (TPSA) is 76.7 Å². The highest BCUT2D eigenvalue weighted by Crippen LogP contribution is 2.27. The molecule has 0 aliphatic rings. The van der Waals surface area contributed by atoms with Crippen LogP contribution in [0, 0.1) is 0 Å². The number of hydrogen-bond donors (Lipinski definition) is 2. The van der Waals surface area contributed by atoms with E-state index in [1.165, 1.54) is 6.92 Å². The largest absolute Gasteiger partial charge is 0.493 e. The predicted molar refractivity (Wildman–Crippen MR) is 104 cm³/mol. The molecular weight excluding hydrogens is 344 g/mol. The van der Waals surface area contributed by atoms with Gasteiger partial charge in [0.25, 0.3) is 0 Å². The third-order valence-corrected chi connectivity index (χ3v) is 4.15. The average molecular weight is 370 g/mol. The van der Waals surface area contributed by atoms with Gasteiger partial charge in [0, 0.05) is 13.5 Å². The van der Waals surface area contributed by atoms with E-state index in [1.807, 2.05) is 48.5 Å². The summed E-state index contributed by atoms with van der Waals surface area (Å²) in [6.07, 6.45) is 0.859. The number of benzene rings is 2. The molecule has 1 atom stereocenters. The van der Waals surface area contributed by atoms with Crippen molar-refractivity contribution in [1.82, 2.24) is 10.6 Å². The van der Waals surface area contributed by atoms with Crippen LogP contribution in [0.15, 0.2) is 48.5 Å². The van der Waals surface area contributed by atoms with Crippen molar-refractivity contribution in [2.75, 3.05) is 20.8 Å². The number of ether oxygens (including phenoxy) is 2. The fourth-order valence-electron chi connectivity index (χ4n) is 2.82. The van der Waals surface area contributed by atoms with Crippen LogP contribution in [0.5, 0.6) is 11.5 Å². The molecule has 144 valence electrons. The molecule has 6 heteroatoms. The summed E-state index contributed by atoms with van der Waals surface area (Å²) in [5.74, 6) is 1.06. The number of hydrogen-bond acceptors (Lipinski definition) is 4. The van der Waals surface area contributed by atoms with Crippen molar-refractivity contribution in [3.63, 3.8) is 0 Å². The van der Waals surface area contributed by atoms with E-state index in [0.29, 0.717) is 24.5 Å². The number of carbonyl (C=O) groups is 2.